The summed E-state index contributed by atoms with van der Waals surface area (Å²) in [7, 11) is 0. The van der Waals surface area contributed by atoms with Gasteiger partial charge < -0.3 is 14.6 Å². The number of rotatable bonds is 6. The van der Waals surface area contributed by atoms with Crippen LogP contribution in [0.3, 0.4) is 0 Å². The van der Waals surface area contributed by atoms with Crippen LogP contribution in [0.5, 0.6) is 0 Å². The molecule has 29 heavy (non-hydrogen) atoms. The molecule has 1 aromatic carbocycles. The zero-order valence-electron chi connectivity index (χ0n) is 15.9. The summed E-state index contributed by atoms with van der Waals surface area (Å²) in [5.41, 5.74) is 1.15. The zero-order chi connectivity index (χ0) is 21.1. The number of nitrogens with one attached hydrogen (secondary N) is 1. The maximum absolute atomic E-state index is 13.8. The first-order valence-corrected chi connectivity index (χ1v) is 8.99. The van der Waals surface area contributed by atoms with Gasteiger partial charge in [0, 0.05) is 18.4 Å². The molecule has 2 heterocycles. The Hall–Kier alpha value is -3.36. The maximum Gasteiger partial charge on any atom is 0.274 e. The highest BCUT2D eigenvalue weighted by Gasteiger charge is 2.22. The number of pyridine rings is 1. The van der Waals surface area contributed by atoms with Crippen molar-refractivity contribution in [2.24, 2.45) is 0 Å². The van der Waals surface area contributed by atoms with Crippen LogP contribution in [0.2, 0.25) is 0 Å². The number of benzene rings is 1. The minimum atomic E-state index is -1.68. The number of halogens is 3. The van der Waals surface area contributed by atoms with Gasteiger partial charge in [-0.25, -0.2) is 18.2 Å². The molecule has 2 aromatic heterocycles. The van der Waals surface area contributed by atoms with Crippen LogP contribution in [0.15, 0.2) is 36.5 Å². The Morgan fingerprint density at radius 2 is 1.90 bits per heavy atom. The zero-order valence-corrected chi connectivity index (χ0v) is 15.9. The number of hydrogen-bond acceptors (Lipinski definition) is 3. The van der Waals surface area contributed by atoms with Crippen molar-refractivity contribution in [2.45, 2.75) is 20.3 Å². The van der Waals surface area contributed by atoms with E-state index in [1.807, 2.05) is 26.0 Å². The summed E-state index contributed by atoms with van der Waals surface area (Å²) < 4.78 is 41.9. The molecule has 9 heteroatoms. The third kappa shape index (κ3) is 4.23. The fourth-order valence-corrected chi connectivity index (χ4v) is 2.92. The summed E-state index contributed by atoms with van der Waals surface area (Å²) in [5, 5.41) is 2.17. The van der Waals surface area contributed by atoms with Crippen LogP contribution in [0.1, 0.15) is 29.5 Å². The number of fused-ring (bicyclic) bond motifs is 1. The average Bonchev–Trinajstić information content (AvgIpc) is 3.13. The number of carbonyl (C=O) groups excluding carboxylic acids is 2. The predicted molar refractivity (Wildman–Crippen MR) is 101 cm³/mol. The van der Waals surface area contributed by atoms with Crippen molar-refractivity contribution in [2.75, 3.05) is 18.4 Å². The van der Waals surface area contributed by atoms with Crippen LogP contribution >= 0.6 is 0 Å². The Balaban J connectivity index is 1.78. The first-order valence-electron chi connectivity index (χ1n) is 8.99. The molecule has 0 saturated carbocycles. The van der Waals surface area contributed by atoms with Gasteiger partial charge in [-0.2, -0.15) is 0 Å². The fourth-order valence-electron chi connectivity index (χ4n) is 2.92. The molecule has 0 radical (unpaired) electrons. The molecule has 6 nitrogen and oxygen atoms in total. The van der Waals surface area contributed by atoms with E-state index in [0.717, 1.165) is 11.8 Å². The normalized spacial score (nSPS) is 10.9. The topological polar surface area (TPSA) is 66.7 Å². The minimum absolute atomic E-state index is 0.166. The largest absolute Gasteiger partial charge is 0.328 e. The van der Waals surface area contributed by atoms with Crippen LogP contribution in [-0.2, 0) is 4.79 Å². The average molecular weight is 404 g/mol. The van der Waals surface area contributed by atoms with Gasteiger partial charge in [-0.1, -0.05) is 13.0 Å². The summed E-state index contributed by atoms with van der Waals surface area (Å²) in [5.74, 6) is -5.73. The molecule has 2 amide bonds. The smallest absolute Gasteiger partial charge is 0.274 e. The van der Waals surface area contributed by atoms with Crippen LogP contribution < -0.4 is 5.32 Å². The summed E-state index contributed by atoms with van der Waals surface area (Å²) in [4.78, 5) is 30.7. The molecule has 0 spiro atoms. The highest BCUT2D eigenvalue weighted by molar-refractivity contribution is 5.98. The summed E-state index contributed by atoms with van der Waals surface area (Å²) in [6.07, 6.45) is 2.16. The number of nitrogens with zero attached hydrogens (tertiary/aromatic N) is 3. The third-order valence-electron chi connectivity index (χ3n) is 4.34. The molecule has 0 saturated heterocycles. The number of carbonyl (C=O) groups is 2. The highest BCUT2D eigenvalue weighted by atomic mass is 19.2. The van der Waals surface area contributed by atoms with Crippen molar-refractivity contribution in [1.82, 2.24) is 14.3 Å². The Bertz CT molecular complexity index is 1080. The van der Waals surface area contributed by atoms with E-state index >= 15 is 0 Å². The first-order chi connectivity index (χ1) is 13.8. The molecule has 3 rings (SSSR count). The first kappa shape index (κ1) is 20.4. The lowest BCUT2D eigenvalue weighted by molar-refractivity contribution is -0.116. The third-order valence-corrected chi connectivity index (χ3v) is 4.34. The number of imidazole rings is 1. The van der Waals surface area contributed by atoms with Gasteiger partial charge in [-0.3, -0.25) is 9.59 Å². The molecule has 0 fully saturated rings. The van der Waals surface area contributed by atoms with E-state index in [9.17, 15) is 22.8 Å². The monoisotopic (exact) mass is 404 g/mol. The Morgan fingerprint density at radius 3 is 2.59 bits per heavy atom. The molecule has 0 aliphatic heterocycles. The van der Waals surface area contributed by atoms with Gasteiger partial charge in [-0.15, -0.1) is 0 Å². The van der Waals surface area contributed by atoms with Gasteiger partial charge >= 0.3 is 0 Å². The van der Waals surface area contributed by atoms with E-state index in [2.05, 4.69) is 10.3 Å². The second kappa shape index (κ2) is 8.34. The molecule has 0 bridgehead atoms. The second-order valence-corrected chi connectivity index (χ2v) is 6.52. The van der Waals surface area contributed by atoms with E-state index in [0.29, 0.717) is 18.1 Å². The lowest BCUT2D eigenvalue weighted by Crippen LogP contribution is -2.38. The number of hydrogen-bond donors (Lipinski definition) is 1. The maximum atomic E-state index is 13.8. The van der Waals surface area contributed by atoms with Gasteiger partial charge in [0.2, 0.25) is 5.91 Å². The summed E-state index contributed by atoms with van der Waals surface area (Å²) in [6, 6.07) is 7.08. The van der Waals surface area contributed by atoms with Crippen molar-refractivity contribution in [3.63, 3.8) is 0 Å². The molecule has 0 unspecified atom stereocenters. The molecule has 3 aromatic rings. The van der Waals surface area contributed by atoms with Crippen LogP contribution in [0.25, 0.3) is 5.65 Å². The molecular weight excluding hydrogens is 385 g/mol. The van der Waals surface area contributed by atoms with Crippen molar-refractivity contribution < 1.29 is 22.8 Å². The van der Waals surface area contributed by atoms with Gasteiger partial charge in [-0.05, 0) is 37.6 Å². The van der Waals surface area contributed by atoms with Crippen LogP contribution in [-0.4, -0.2) is 39.2 Å². The summed E-state index contributed by atoms with van der Waals surface area (Å²) >= 11 is 0. The van der Waals surface area contributed by atoms with E-state index < -0.39 is 41.5 Å². The minimum Gasteiger partial charge on any atom is -0.328 e. The molecule has 152 valence electrons. The van der Waals surface area contributed by atoms with E-state index in [1.54, 1.807) is 16.7 Å². The Labute approximate surface area is 165 Å². The lowest BCUT2D eigenvalue weighted by Gasteiger charge is -2.20. The Morgan fingerprint density at radius 1 is 1.14 bits per heavy atom. The predicted octanol–water partition coefficient (Wildman–Crippen LogP) is 3.55. The molecular formula is C20H19F3N4O2. The SMILES string of the molecule is CCCN(CC(=O)Nc1ccc(F)c(F)c1F)C(=O)c1cn2c(C)cccc2n1. The van der Waals surface area contributed by atoms with E-state index in [4.69, 9.17) is 0 Å². The number of aryl methyl sites for hydroxylation is 1. The van der Waals surface area contributed by atoms with Crippen LogP contribution in [0, 0.1) is 24.4 Å². The number of anilines is 1. The molecule has 1 N–H and O–H groups in total. The van der Waals surface area contributed by atoms with Crippen molar-refractivity contribution >= 4 is 23.1 Å². The van der Waals surface area contributed by atoms with E-state index in [-0.39, 0.29) is 12.2 Å². The molecule has 0 aliphatic carbocycles. The van der Waals surface area contributed by atoms with Gasteiger partial charge in [0.25, 0.3) is 5.91 Å². The standard InChI is InChI=1S/C20H19F3N4O2/c1-3-9-26(11-17(28)25-14-8-7-13(21)18(22)19(14)23)20(29)15-10-27-12(2)5-4-6-16(27)24-15/h4-8,10H,3,9,11H2,1-2H3,(H,25,28). The fraction of sp³-hybridized carbons (Fsp3) is 0.250. The van der Waals surface area contributed by atoms with Crippen molar-refractivity contribution in [1.29, 1.82) is 0 Å². The lowest BCUT2D eigenvalue weighted by atomic mass is 10.2. The summed E-state index contributed by atoms with van der Waals surface area (Å²) in [6.45, 7) is 3.58. The van der Waals surface area contributed by atoms with Gasteiger partial charge in [0.1, 0.15) is 17.9 Å². The quantitative estimate of drug-likeness (QED) is 0.639. The van der Waals surface area contributed by atoms with Crippen molar-refractivity contribution in [3.05, 3.63) is 65.4 Å². The van der Waals surface area contributed by atoms with Crippen molar-refractivity contribution in [3.8, 4) is 0 Å². The molecule has 0 aliphatic rings. The number of aromatic nitrogens is 2. The Kier molecular flexibility index (Phi) is 5.86. The second-order valence-electron chi connectivity index (χ2n) is 6.52. The van der Waals surface area contributed by atoms with Crippen LogP contribution in [0.4, 0.5) is 18.9 Å². The van der Waals surface area contributed by atoms with E-state index in [1.165, 1.54) is 4.90 Å². The number of amides is 2. The van der Waals surface area contributed by atoms with Gasteiger partial charge in [0.15, 0.2) is 17.5 Å². The van der Waals surface area contributed by atoms with Gasteiger partial charge in [0.05, 0.1) is 5.69 Å². The molecule has 0 atom stereocenters. The highest BCUT2D eigenvalue weighted by Crippen LogP contribution is 2.19.